The van der Waals surface area contributed by atoms with Crippen molar-refractivity contribution < 1.29 is 13.2 Å². The van der Waals surface area contributed by atoms with Gasteiger partial charge in [0.1, 0.15) is 10.4 Å². The van der Waals surface area contributed by atoms with Crippen molar-refractivity contribution >= 4 is 55.5 Å². The first kappa shape index (κ1) is 29.4. The van der Waals surface area contributed by atoms with Crippen LogP contribution in [0.3, 0.4) is 0 Å². The van der Waals surface area contributed by atoms with Gasteiger partial charge in [-0.05, 0) is 95.2 Å². The molecule has 15 heteroatoms. The third-order valence-electron chi connectivity index (χ3n) is 9.60. The van der Waals surface area contributed by atoms with Crippen LogP contribution in [0.15, 0.2) is 17.2 Å². The van der Waals surface area contributed by atoms with Crippen LogP contribution in [0.5, 0.6) is 0 Å². The van der Waals surface area contributed by atoms with Crippen molar-refractivity contribution in [2.24, 2.45) is 0 Å². The predicted molar refractivity (Wildman–Crippen MR) is 166 cm³/mol. The summed E-state index contributed by atoms with van der Waals surface area (Å²) in [4.78, 5) is 21.9. The fraction of sp³-hybridized carbons (Fsp3) is 0.607. The minimum atomic E-state index is -3.85. The van der Waals surface area contributed by atoms with E-state index >= 15 is 0 Å². The number of nitrogens with one attached hydrogen (secondary N) is 1. The maximum atomic E-state index is 13.6. The van der Waals surface area contributed by atoms with Gasteiger partial charge in [0, 0.05) is 31.4 Å². The molecule has 11 nitrogen and oxygen atoms in total. The normalized spacial score (nSPS) is 25.0. The Morgan fingerprint density at radius 1 is 1.16 bits per heavy atom. The molecular weight excluding hydrogens is 628 g/mol. The third-order valence-corrected chi connectivity index (χ3v) is 14.0. The number of piperidine rings is 1. The minimum absolute atomic E-state index is 0.0227. The molecule has 5 heterocycles. The summed E-state index contributed by atoms with van der Waals surface area (Å²) in [6, 6.07) is 4.08. The molecule has 4 fully saturated rings. The second-order valence-corrected chi connectivity index (χ2v) is 17.3. The van der Waals surface area contributed by atoms with Crippen LogP contribution >= 0.6 is 34.7 Å². The second-order valence-electron chi connectivity index (χ2n) is 12.8. The summed E-state index contributed by atoms with van der Waals surface area (Å²) in [5.74, 6) is 0.376. The molecule has 228 valence electrons. The summed E-state index contributed by atoms with van der Waals surface area (Å²) in [6.07, 6.45) is 6.96. The van der Waals surface area contributed by atoms with Crippen molar-refractivity contribution in [3.63, 3.8) is 0 Å². The predicted octanol–water partition coefficient (Wildman–Crippen LogP) is 4.98. The number of hydrogen-bond acceptors (Lipinski definition) is 10. The van der Waals surface area contributed by atoms with Gasteiger partial charge in [-0.15, -0.1) is 10.2 Å². The van der Waals surface area contributed by atoms with Gasteiger partial charge in [0.25, 0.3) is 5.24 Å². The average Bonchev–Trinajstić information content (AvgIpc) is 3.84. The molecule has 2 saturated heterocycles. The van der Waals surface area contributed by atoms with E-state index in [2.05, 4.69) is 37.8 Å². The van der Waals surface area contributed by atoms with Crippen molar-refractivity contribution in [3.8, 4) is 16.9 Å². The number of rotatable bonds is 7. The molecule has 7 rings (SSSR count). The highest BCUT2D eigenvalue weighted by Gasteiger charge is 2.48. The first-order valence-corrected chi connectivity index (χ1v) is 18.1. The molecule has 2 aliphatic carbocycles. The number of hydrogen-bond donors (Lipinski definition) is 1. The van der Waals surface area contributed by atoms with E-state index in [-0.39, 0.29) is 26.1 Å². The average molecular weight is 661 g/mol. The van der Waals surface area contributed by atoms with Gasteiger partial charge in [0.2, 0.25) is 10.0 Å². The maximum Gasteiger partial charge on any atom is 0.283 e. The number of aromatic nitrogens is 4. The zero-order chi connectivity index (χ0) is 30.4. The van der Waals surface area contributed by atoms with E-state index in [1.807, 2.05) is 18.9 Å². The molecule has 1 atom stereocenters. The van der Waals surface area contributed by atoms with Gasteiger partial charge in [0.15, 0.2) is 16.0 Å². The highest BCUT2D eigenvalue weighted by atomic mass is 35.5. The Bertz CT molecular complexity index is 1780. The lowest BCUT2D eigenvalue weighted by atomic mass is 9.89. The Morgan fingerprint density at radius 2 is 1.88 bits per heavy atom. The number of amides is 1. The van der Waals surface area contributed by atoms with Crippen molar-refractivity contribution in [2.75, 3.05) is 26.7 Å². The summed E-state index contributed by atoms with van der Waals surface area (Å²) in [5.41, 5.74) is 0.389. The highest BCUT2D eigenvalue weighted by molar-refractivity contribution is 8.14. The summed E-state index contributed by atoms with van der Waals surface area (Å²) in [5, 5.41) is 19.7. The lowest BCUT2D eigenvalue weighted by Gasteiger charge is -2.48. The molecule has 3 aromatic heterocycles. The van der Waals surface area contributed by atoms with E-state index in [0.717, 1.165) is 44.2 Å². The van der Waals surface area contributed by atoms with Gasteiger partial charge in [0.05, 0.1) is 21.4 Å². The zero-order valence-corrected chi connectivity index (χ0v) is 27.5. The van der Waals surface area contributed by atoms with Gasteiger partial charge >= 0.3 is 0 Å². The molecule has 0 radical (unpaired) electrons. The van der Waals surface area contributed by atoms with E-state index in [4.69, 9.17) is 11.6 Å². The van der Waals surface area contributed by atoms with E-state index in [1.54, 1.807) is 16.7 Å². The van der Waals surface area contributed by atoms with Crippen LogP contribution in [0.2, 0.25) is 5.15 Å². The van der Waals surface area contributed by atoms with E-state index < -0.39 is 21.0 Å². The Morgan fingerprint density at radius 3 is 2.47 bits per heavy atom. The zero-order valence-electron chi connectivity index (χ0n) is 24.3. The van der Waals surface area contributed by atoms with Gasteiger partial charge in [-0.25, -0.2) is 18.1 Å². The van der Waals surface area contributed by atoms with Crippen LogP contribution in [0.25, 0.3) is 16.3 Å². The van der Waals surface area contributed by atoms with Crippen LogP contribution in [0.4, 0.5) is 4.79 Å². The summed E-state index contributed by atoms with van der Waals surface area (Å²) < 4.78 is 31.9. The van der Waals surface area contributed by atoms with Crippen LogP contribution < -0.4 is 4.72 Å². The molecule has 0 bridgehead atoms. The van der Waals surface area contributed by atoms with Gasteiger partial charge in [-0.2, -0.15) is 5.26 Å². The van der Waals surface area contributed by atoms with Crippen LogP contribution in [-0.2, 0) is 15.4 Å². The fourth-order valence-electron chi connectivity index (χ4n) is 5.87. The molecule has 3 aromatic rings. The minimum Gasteiger partial charge on any atom is -0.334 e. The summed E-state index contributed by atoms with van der Waals surface area (Å²) in [7, 11) is -1.80. The lowest BCUT2D eigenvalue weighted by Crippen LogP contribution is -2.54. The van der Waals surface area contributed by atoms with Crippen LogP contribution in [0, 0.1) is 11.3 Å². The molecule has 0 spiro atoms. The van der Waals surface area contributed by atoms with Gasteiger partial charge in [-0.1, -0.05) is 22.9 Å². The lowest BCUT2D eigenvalue weighted by molar-refractivity contribution is 0.110. The molecule has 2 aliphatic heterocycles. The second kappa shape index (κ2) is 10.1. The number of halogens is 1. The smallest absolute Gasteiger partial charge is 0.283 e. The quantitative estimate of drug-likeness (QED) is 0.372. The molecule has 1 N–H and O–H groups in total. The van der Waals surface area contributed by atoms with Crippen LogP contribution in [-0.4, -0.2) is 80.1 Å². The summed E-state index contributed by atoms with van der Waals surface area (Å²) in [6.45, 7) is 6.15. The van der Waals surface area contributed by atoms with Crippen molar-refractivity contribution in [2.45, 2.75) is 85.4 Å². The number of nitriles is 1. The SMILES string of the molecule is CN1CCC1(C)SC(=O)N1CCC(c2cc(S(=O)(=O)NC3(C)CC3)cn3c(-c4nnc(C5(C#N)CC5)s4)nc(Cl)c23)CC1. The fourth-order valence-corrected chi connectivity index (χ4v) is 9.80. The first-order valence-electron chi connectivity index (χ1n) is 14.6. The number of carbonyl (C=O) groups excluding carboxylic acids is 1. The molecule has 4 aliphatic rings. The van der Waals surface area contributed by atoms with E-state index in [0.29, 0.717) is 47.3 Å². The monoisotopic (exact) mass is 660 g/mol. The van der Waals surface area contributed by atoms with Gasteiger partial charge < -0.3 is 4.90 Å². The molecule has 43 heavy (non-hydrogen) atoms. The maximum absolute atomic E-state index is 13.6. The van der Waals surface area contributed by atoms with Crippen molar-refractivity contribution in [1.29, 1.82) is 5.26 Å². The Kier molecular flexibility index (Phi) is 6.92. The Hall–Kier alpha value is -2.28. The number of imidazole rings is 1. The summed E-state index contributed by atoms with van der Waals surface area (Å²) >= 11 is 9.48. The standard InChI is InChI=1S/C28H33ClN8O3S3/c1-26(6-7-26)34-43(39,40)18-14-19(17-4-11-36(12-5-17)25(38)42-27(2)10-13-35(27)3)20-21(29)31-22(37(20)15-18)23-32-33-24(41-23)28(16-30)8-9-28/h14-15,17,34H,4-13H2,1-3H3. The van der Waals surface area contributed by atoms with E-state index in [9.17, 15) is 18.5 Å². The number of carbonyl (C=O) groups is 1. The number of fused-ring (bicyclic) bond motifs is 1. The molecule has 1 unspecified atom stereocenters. The Labute approximate surface area is 264 Å². The Balaban J connectivity index is 1.24. The van der Waals surface area contributed by atoms with Crippen molar-refractivity contribution in [3.05, 3.63) is 28.0 Å². The first-order chi connectivity index (χ1) is 20.4. The molecule has 2 saturated carbocycles. The number of pyridine rings is 1. The molecule has 0 aromatic carbocycles. The van der Waals surface area contributed by atoms with E-state index in [1.165, 1.54) is 23.1 Å². The number of nitrogens with zero attached hydrogens (tertiary/aromatic N) is 7. The highest BCUT2D eigenvalue weighted by Crippen LogP contribution is 2.49. The third kappa shape index (κ3) is 5.15. The van der Waals surface area contributed by atoms with Crippen LogP contribution in [0.1, 0.15) is 75.3 Å². The topological polar surface area (TPSA) is 137 Å². The largest absolute Gasteiger partial charge is 0.334 e. The number of sulfonamides is 1. The van der Waals surface area contributed by atoms with Gasteiger partial charge in [-0.3, -0.25) is 14.1 Å². The molecular formula is C28H33ClN8O3S3. The number of likely N-dealkylation sites (tertiary alicyclic amines) is 2. The number of thioether (sulfide) groups is 1. The van der Waals surface area contributed by atoms with Crippen molar-refractivity contribution in [1.82, 2.24) is 34.1 Å². The molecule has 1 amide bonds.